The lowest BCUT2D eigenvalue weighted by Crippen LogP contribution is -2.45. The van der Waals surface area contributed by atoms with E-state index in [2.05, 4.69) is 43.5 Å². The third-order valence-corrected chi connectivity index (χ3v) is 19.0. The summed E-state index contributed by atoms with van der Waals surface area (Å²) in [7, 11) is 0. The normalized spacial score (nSPS) is 12.6. The highest BCUT2D eigenvalue weighted by Gasteiger charge is 2.20. The van der Waals surface area contributed by atoms with Gasteiger partial charge < -0.3 is 20.3 Å². The zero-order chi connectivity index (χ0) is 62.8. The Bertz CT molecular complexity index is 1360. The topological polar surface area (TPSA) is 95.9 Å². The number of aliphatic hydroxyl groups is 2. The van der Waals surface area contributed by atoms with E-state index in [1.165, 1.54) is 372 Å². The third kappa shape index (κ3) is 73.3. The van der Waals surface area contributed by atoms with Gasteiger partial charge in [-0.25, -0.2) is 0 Å². The number of esters is 1. The van der Waals surface area contributed by atoms with Gasteiger partial charge in [-0.1, -0.05) is 411 Å². The second-order valence-electron chi connectivity index (χ2n) is 27.8. The Morgan fingerprint density at radius 1 is 0.322 bits per heavy atom. The van der Waals surface area contributed by atoms with Crippen molar-refractivity contribution < 1.29 is 24.5 Å². The number of hydrogen-bond acceptors (Lipinski definition) is 5. The standard InChI is InChI=1S/C81H157NO5/c1-3-5-7-9-11-13-15-17-19-42-47-51-55-59-63-67-71-75-81(86)87-76-72-68-64-60-56-52-48-44-41-39-37-35-33-31-29-27-25-23-21-22-24-26-28-30-32-34-36-38-40-43-46-50-54-58-62-66-70-74-80(85)82-78(77-83)79(84)73-69-65-61-57-53-49-45-20-18-16-14-12-10-8-6-4-2/h11,13,17,19,78-79,83-84H,3-10,12,14-16,18,20-77H2,1-2H3,(H,82,85)/b13-11-,19-17-. The molecule has 2 atom stereocenters. The van der Waals surface area contributed by atoms with Crippen LogP contribution in [0.25, 0.3) is 0 Å². The fraction of sp³-hybridized carbons (Fsp3) is 0.926. The van der Waals surface area contributed by atoms with E-state index >= 15 is 0 Å². The van der Waals surface area contributed by atoms with Gasteiger partial charge in [0.15, 0.2) is 0 Å². The van der Waals surface area contributed by atoms with Gasteiger partial charge in [0.25, 0.3) is 0 Å². The number of nitrogens with one attached hydrogen (secondary N) is 1. The summed E-state index contributed by atoms with van der Waals surface area (Å²) in [6, 6.07) is -0.537. The Balaban J connectivity index is 3.29. The quantitative estimate of drug-likeness (QED) is 0.0320. The van der Waals surface area contributed by atoms with Gasteiger partial charge in [-0.3, -0.25) is 9.59 Å². The lowest BCUT2D eigenvalue weighted by atomic mass is 10.0. The highest BCUT2D eigenvalue weighted by atomic mass is 16.5. The monoisotopic (exact) mass is 1220 g/mol. The first-order valence-corrected chi connectivity index (χ1v) is 40.1. The number of allylic oxidation sites excluding steroid dienone is 4. The second-order valence-corrected chi connectivity index (χ2v) is 27.8. The van der Waals surface area contributed by atoms with Crippen LogP contribution >= 0.6 is 0 Å². The Kier molecular flexibility index (Phi) is 75.3. The first-order chi connectivity index (χ1) is 43.0. The smallest absolute Gasteiger partial charge is 0.305 e. The Hall–Kier alpha value is -1.66. The lowest BCUT2D eigenvalue weighted by molar-refractivity contribution is -0.143. The van der Waals surface area contributed by atoms with Gasteiger partial charge in [-0.15, -0.1) is 0 Å². The largest absolute Gasteiger partial charge is 0.466 e. The molecule has 0 aromatic carbocycles. The van der Waals surface area contributed by atoms with Crippen molar-refractivity contribution in [2.24, 2.45) is 0 Å². The molecule has 2 unspecified atom stereocenters. The van der Waals surface area contributed by atoms with Gasteiger partial charge in [0, 0.05) is 12.8 Å². The van der Waals surface area contributed by atoms with E-state index < -0.39 is 12.1 Å². The van der Waals surface area contributed by atoms with Crippen LogP contribution in [0.3, 0.4) is 0 Å². The summed E-state index contributed by atoms with van der Waals surface area (Å²) in [6.07, 6.45) is 98.5. The van der Waals surface area contributed by atoms with Crippen LogP contribution in [-0.4, -0.2) is 47.4 Å². The molecule has 0 aromatic rings. The van der Waals surface area contributed by atoms with Crippen molar-refractivity contribution in [2.45, 2.75) is 469 Å². The van der Waals surface area contributed by atoms with E-state index in [0.717, 1.165) is 51.4 Å². The van der Waals surface area contributed by atoms with Gasteiger partial charge in [-0.2, -0.15) is 0 Å². The molecule has 0 saturated carbocycles. The van der Waals surface area contributed by atoms with E-state index in [0.29, 0.717) is 25.9 Å². The molecular formula is C81H157NO5. The first-order valence-electron chi connectivity index (χ1n) is 40.1. The fourth-order valence-corrected chi connectivity index (χ4v) is 12.9. The molecule has 0 saturated heterocycles. The maximum Gasteiger partial charge on any atom is 0.305 e. The summed E-state index contributed by atoms with van der Waals surface area (Å²) in [5.74, 6) is -0.00870. The van der Waals surface area contributed by atoms with Crippen molar-refractivity contribution in [3.05, 3.63) is 24.3 Å². The molecule has 0 aliphatic heterocycles. The molecule has 87 heavy (non-hydrogen) atoms. The molecular weight excluding hydrogens is 1070 g/mol. The van der Waals surface area contributed by atoms with Gasteiger partial charge in [0.2, 0.25) is 5.91 Å². The molecule has 6 heteroatoms. The van der Waals surface area contributed by atoms with Crippen molar-refractivity contribution >= 4 is 11.9 Å². The van der Waals surface area contributed by atoms with Crippen LogP contribution < -0.4 is 5.32 Å². The van der Waals surface area contributed by atoms with Crippen LogP contribution in [0.15, 0.2) is 24.3 Å². The van der Waals surface area contributed by atoms with Crippen molar-refractivity contribution in [1.82, 2.24) is 5.32 Å². The van der Waals surface area contributed by atoms with Crippen LogP contribution in [0.1, 0.15) is 457 Å². The summed E-state index contributed by atoms with van der Waals surface area (Å²) < 4.78 is 5.51. The molecule has 6 nitrogen and oxygen atoms in total. The van der Waals surface area contributed by atoms with Gasteiger partial charge in [0.1, 0.15) is 0 Å². The summed E-state index contributed by atoms with van der Waals surface area (Å²) in [5, 5.41) is 23.4. The highest BCUT2D eigenvalue weighted by molar-refractivity contribution is 5.76. The van der Waals surface area contributed by atoms with Crippen molar-refractivity contribution in [2.75, 3.05) is 13.2 Å². The molecule has 0 aromatic heterocycles. The zero-order valence-electron chi connectivity index (χ0n) is 59.3. The maximum atomic E-state index is 12.5. The van der Waals surface area contributed by atoms with Crippen LogP contribution in [-0.2, 0) is 14.3 Å². The van der Waals surface area contributed by atoms with Crippen molar-refractivity contribution in [1.29, 1.82) is 0 Å². The number of carbonyl (C=O) groups excluding carboxylic acids is 2. The van der Waals surface area contributed by atoms with E-state index in [1.54, 1.807) is 0 Å². The Labute approximate surface area is 545 Å². The maximum absolute atomic E-state index is 12.5. The number of amides is 1. The van der Waals surface area contributed by atoms with E-state index in [4.69, 9.17) is 4.74 Å². The molecule has 516 valence electrons. The molecule has 0 heterocycles. The predicted molar refractivity (Wildman–Crippen MR) is 384 cm³/mol. The second kappa shape index (κ2) is 76.8. The minimum Gasteiger partial charge on any atom is -0.466 e. The van der Waals surface area contributed by atoms with Crippen LogP contribution in [0.4, 0.5) is 0 Å². The summed E-state index contributed by atoms with van der Waals surface area (Å²) in [4.78, 5) is 24.6. The molecule has 0 rings (SSSR count). The Morgan fingerprint density at radius 3 is 0.897 bits per heavy atom. The van der Waals surface area contributed by atoms with E-state index in [9.17, 15) is 19.8 Å². The fourth-order valence-electron chi connectivity index (χ4n) is 12.9. The SMILES string of the molecule is CCCCC/C=C\C/C=C\CCCCCCCCCC(=O)OCCCCCCCCCCCCCCCCCCCCCCCCCCCCCCCCCCCCCCCC(=O)NC(CO)C(O)CCCCCCCCCCCCCCCCCC. The average molecular weight is 1230 g/mol. The third-order valence-electron chi connectivity index (χ3n) is 19.0. The summed E-state index contributed by atoms with van der Waals surface area (Å²) >= 11 is 0. The molecule has 0 aliphatic carbocycles. The molecule has 0 fully saturated rings. The van der Waals surface area contributed by atoms with E-state index in [1.807, 2.05) is 0 Å². The Morgan fingerprint density at radius 2 is 0.575 bits per heavy atom. The van der Waals surface area contributed by atoms with Gasteiger partial charge in [-0.05, 0) is 57.8 Å². The van der Waals surface area contributed by atoms with Crippen molar-refractivity contribution in [3.8, 4) is 0 Å². The summed E-state index contributed by atoms with van der Waals surface area (Å²) in [6.45, 7) is 4.97. The molecule has 1 amide bonds. The predicted octanol–water partition coefficient (Wildman–Crippen LogP) is 26.4. The average Bonchev–Trinajstić information content (AvgIpc) is 3.52. The van der Waals surface area contributed by atoms with Gasteiger partial charge in [0.05, 0.1) is 25.4 Å². The zero-order valence-corrected chi connectivity index (χ0v) is 59.3. The number of unbranched alkanes of at least 4 members (excludes halogenated alkanes) is 61. The number of carbonyl (C=O) groups is 2. The van der Waals surface area contributed by atoms with Crippen LogP contribution in [0.2, 0.25) is 0 Å². The number of rotatable bonds is 76. The van der Waals surface area contributed by atoms with Crippen molar-refractivity contribution in [3.63, 3.8) is 0 Å². The number of aliphatic hydroxyl groups excluding tert-OH is 2. The van der Waals surface area contributed by atoms with Gasteiger partial charge >= 0.3 is 5.97 Å². The molecule has 0 aliphatic rings. The lowest BCUT2D eigenvalue weighted by Gasteiger charge is -2.22. The molecule has 0 bridgehead atoms. The molecule has 0 radical (unpaired) electrons. The molecule has 3 N–H and O–H groups in total. The summed E-state index contributed by atoms with van der Waals surface area (Å²) in [5.41, 5.74) is 0. The first kappa shape index (κ1) is 85.3. The highest BCUT2D eigenvalue weighted by Crippen LogP contribution is 2.20. The minimum absolute atomic E-state index is 0.0164. The van der Waals surface area contributed by atoms with Crippen LogP contribution in [0, 0.1) is 0 Å². The number of hydrogen-bond donors (Lipinski definition) is 3. The van der Waals surface area contributed by atoms with Crippen LogP contribution in [0.5, 0.6) is 0 Å². The minimum atomic E-state index is -0.660. The number of ether oxygens (including phenoxy) is 1. The van der Waals surface area contributed by atoms with E-state index in [-0.39, 0.29) is 18.5 Å². The molecule has 0 spiro atoms.